The molecule has 0 spiro atoms. The summed E-state index contributed by atoms with van der Waals surface area (Å²) in [7, 11) is 0. The van der Waals surface area contributed by atoms with E-state index in [1.165, 1.54) is 85.0 Å². The van der Waals surface area contributed by atoms with Crippen molar-refractivity contribution >= 4 is 34.1 Å². The maximum Gasteiger partial charge on any atom is 0.0462 e. The minimum Gasteiger partial charge on any atom is -0.311 e. The van der Waals surface area contributed by atoms with Gasteiger partial charge >= 0.3 is 0 Å². The van der Waals surface area contributed by atoms with E-state index in [2.05, 4.69) is 181 Å². The topological polar surface area (TPSA) is 6.48 Å². The van der Waals surface area contributed by atoms with Gasteiger partial charge in [0.15, 0.2) is 0 Å². The Morgan fingerprint density at radius 3 is 0.920 bits per heavy atom. The second kappa shape index (κ2) is 18.1. The van der Waals surface area contributed by atoms with E-state index < -0.39 is 0 Å². The Labute approximate surface area is 301 Å². The summed E-state index contributed by atoms with van der Waals surface area (Å²) in [6, 6.07) is 57.6. The lowest BCUT2D eigenvalue weighted by Gasteiger charge is -2.26. The summed E-state index contributed by atoms with van der Waals surface area (Å²) in [5.74, 6) is 0. The molecule has 0 atom stereocenters. The molecular formula is C48H52N2. The predicted molar refractivity (Wildman–Crippen MR) is 217 cm³/mol. The van der Waals surface area contributed by atoms with Crippen molar-refractivity contribution in [1.29, 1.82) is 0 Å². The molecule has 6 rings (SSSR count). The van der Waals surface area contributed by atoms with Gasteiger partial charge in [-0.2, -0.15) is 0 Å². The van der Waals surface area contributed by atoms with E-state index >= 15 is 0 Å². The second-order valence-corrected chi connectivity index (χ2v) is 13.4. The SMILES string of the molecule is CCCCCCc1ccc(N(c2ccc(CCCCCC)cc2)c2ccc(-c3ccc(N(c4ccccc4)c4ccccc4)cc3)cc2)cc1. The maximum atomic E-state index is 2.40. The Kier molecular flexibility index (Phi) is 12.6. The van der Waals surface area contributed by atoms with Crippen LogP contribution in [0.25, 0.3) is 11.1 Å². The van der Waals surface area contributed by atoms with Crippen LogP contribution in [0.4, 0.5) is 34.1 Å². The van der Waals surface area contributed by atoms with E-state index in [-0.39, 0.29) is 0 Å². The fourth-order valence-corrected chi connectivity index (χ4v) is 6.79. The molecule has 0 aromatic heterocycles. The van der Waals surface area contributed by atoms with Gasteiger partial charge in [-0.05, 0) is 121 Å². The molecule has 0 aliphatic rings. The third-order valence-corrected chi connectivity index (χ3v) is 9.64. The number of nitrogens with zero attached hydrogens (tertiary/aromatic N) is 2. The quantitative estimate of drug-likeness (QED) is 0.0902. The standard InChI is InChI=1S/C48H52N2/c1-3-5-7-11-17-39-23-31-45(32-24-39)50(46-33-25-40(26-34-46)18-12-8-6-4-2)48-37-29-42(30-38-48)41-27-35-47(36-28-41)49(43-19-13-9-14-20-43)44-21-15-10-16-22-44/h9-10,13-16,19-38H,3-8,11-12,17-18H2,1-2H3. The Balaban J connectivity index is 1.24. The molecule has 0 heterocycles. The van der Waals surface area contributed by atoms with Crippen molar-refractivity contribution in [1.82, 2.24) is 0 Å². The zero-order valence-electron chi connectivity index (χ0n) is 30.0. The molecule has 50 heavy (non-hydrogen) atoms. The largest absolute Gasteiger partial charge is 0.311 e. The number of rotatable bonds is 17. The van der Waals surface area contributed by atoms with Crippen molar-refractivity contribution < 1.29 is 0 Å². The van der Waals surface area contributed by atoms with Crippen molar-refractivity contribution in [2.75, 3.05) is 9.80 Å². The number of hydrogen-bond acceptors (Lipinski definition) is 2. The van der Waals surface area contributed by atoms with E-state index in [0.29, 0.717) is 0 Å². The Morgan fingerprint density at radius 2 is 0.600 bits per heavy atom. The molecule has 0 aliphatic heterocycles. The third-order valence-electron chi connectivity index (χ3n) is 9.64. The van der Waals surface area contributed by atoms with Crippen molar-refractivity contribution in [3.63, 3.8) is 0 Å². The molecule has 6 aromatic rings. The summed E-state index contributed by atoms with van der Waals surface area (Å²) >= 11 is 0. The molecular weight excluding hydrogens is 605 g/mol. The van der Waals surface area contributed by atoms with Crippen molar-refractivity contribution in [3.8, 4) is 11.1 Å². The first-order valence-corrected chi connectivity index (χ1v) is 18.8. The Bertz CT molecular complexity index is 1730. The van der Waals surface area contributed by atoms with E-state index in [1.807, 2.05) is 0 Å². The fraction of sp³-hybridized carbons (Fsp3) is 0.250. The molecule has 0 bridgehead atoms. The first-order chi connectivity index (χ1) is 24.7. The average molecular weight is 657 g/mol. The lowest BCUT2D eigenvalue weighted by molar-refractivity contribution is 0.667. The summed E-state index contributed by atoms with van der Waals surface area (Å²) < 4.78 is 0. The first kappa shape index (κ1) is 34.8. The predicted octanol–water partition coefficient (Wildman–Crippen LogP) is 14.5. The van der Waals surface area contributed by atoms with Crippen molar-refractivity contribution in [3.05, 3.63) is 169 Å². The van der Waals surface area contributed by atoms with Crippen LogP contribution in [-0.2, 0) is 12.8 Å². The van der Waals surface area contributed by atoms with Gasteiger partial charge in [0.05, 0.1) is 0 Å². The highest BCUT2D eigenvalue weighted by Gasteiger charge is 2.15. The number of para-hydroxylation sites is 2. The summed E-state index contributed by atoms with van der Waals surface area (Å²) in [6.07, 6.45) is 12.6. The van der Waals surface area contributed by atoms with Crippen LogP contribution in [-0.4, -0.2) is 0 Å². The van der Waals surface area contributed by atoms with Gasteiger partial charge in [-0.1, -0.05) is 137 Å². The van der Waals surface area contributed by atoms with Gasteiger partial charge in [0.25, 0.3) is 0 Å². The van der Waals surface area contributed by atoms with E-state index in [0.717, 1.165) is 35.6 Å². The maximum absolute atomic E-state index is 2.40. The summed E-state index contributed by atoms with van der Waals surface area (Å²) in [4.78, 5) is 4.70. The highest BCUT2D eigenvalue weighted by Crippen LogP contribution is 2.38. The molecule has 6 aromatic carbocycles. The lowest BCUT2D eigenvalue weighted by Crippen LogP contribution is -2.10. The average Bonchev–Trinajstić information content (AvgIpc) is 3.18. The molecule has 0 N–H and O–H groups in total. The Morgan fingerprint density at radius 1 is 0.300 bits per heavy atom. The van der Waals surface area contributed by atoms with Crippen LogP contribution in [0.15, 0.2) is 158 Å². The van der Waals surface area contributed by atoms with E-state index in [9.17, 15) is 0 Å². The van der Waals surface area contributed by atoms with Gasteiger partial charge in [0.2, 0.25) is 0 Å². The normalized spacial score (nSPS) is 11.0. The van der Waals surface area contributed by atoms with Gasteiger partial charge in [-0.3, -0.25) is 0 Å². The van der Waals surface area contributed by atoms with Crippen LogP contribution in [0, 0.1) is 0 Å². The first-order valence-electron chi connectivity index (χ1n) is 18.8. The second-order valence-electron chi connectivity index (χ2n) is 13.4. The van der Waals surface area contributed by atoms with Gasteiger partial charge in [-0.25, -0.2) is 0 Å². The molecule has 254 valence electrons. The zero-order chi connectivity index (χ0) is 34.4. The number of hydrogen-bond donors (Lipinski definition) is 0. The zero-order valence-corrected chi connectivity index (χ0v) is 30.0. The van der Waals surface area contributed by atoms with Gasteiger partial charge in [-0.15, -0.1) is 0 Å². The van der Waals surface area contributed by atoms with Crippen molar-refractivity contribution in [2.45, 2.75) is 78.1 Å². The van der Waals surface area contributed by atoms with Crippen LogP contribution in [0.2, 0.25) is 0 Å². The molecule has 2 heteroatoms. The molecule has 0 fully saturated rings. The van der Waals surface area contributed by atoms with E-state index in [4.69, 9.17) is 0 Å². The number of benzene rings is 6. The van der Waals surface area contributed by atoms with Crippen LogP contribution in [0.1, 0.15) is 76.3 Å². The van der Waals surface area contributed by atoms with Crippen LogP contribution in [0.5, 0.6) is 0 Å². The van der Waals surface area contributed by atoms with Crippen LogP contribution < -0.4 is 9.80 Å². The van der Waals surface area contributed by atoms with Crippen molar-refractivity contribution in [2.24, 2.45) is 0 Å². The highest BCUT2D eigenvalue weighted by atomic mass is 15.1. The summed E-state index contributed by atoms with van der Waals surface area (Å²) in [5, 5.41) is 0. The molecule has 0 unspecified atom stereocenters. The summed E-state index contributed by atoms with van der Waals surface area (Å²) in [5.41, 5.74) is 12.2. The monoisotopic (exact) mass is 656 g/mol. The molecule has 0 aliphatic carbocycles. The van der Waals surface area contributed by atoms with Crippen LogP contribution in [0.3, 0.4) is 0 Å². The Hall–Kier alpha value is -5.08. The van der Waals surface area contributed by atoms with Gasteiger partial charge < -0.3 is 9.80 Å². The third kappa shape index (κ3) is 9.12. The summed E-state index contributed by atoms with van der Waals surface area (Å²) in [6.45, 7) is 4.55. The fourth-order valence-electron chi connectivity index (χ4n) is 6.79. The molecule has 0 saturated heterocycles. The number of anilines is 6. The molecule has 2 nitrogen and oxygen atoms in total. The van der Waals surface area contributed by atoms with Crippen LogP contribution >= 0.6 is 0 Å². The molecule has 0 saturated carbocycles. The van der Waals surface area contributed by atoms with E-state index in [1.54, 1.807) is 0 Å². The smallest absolute Gasteiger partial charge is 0.0462 e. The molecule has 0 radical (unpaired) electrons. The number of unbranched alkanes of at least 4 members (excludes halogenated alkanes) is 6. The minimum absolute atomic E-state index is 1.14. The lowest BCUT2D eigenvalue weighted by atomic mass is 10.0. The van der Waals surface area contributed by atoms with Gasteiger partial charge in [0, 0.05) is 34.1 Å². The number of aryl methyl sites for hydroxylation is 2. The minimum atomic E-state index is 1.14. The van der Waals surface area contributed by atoms with Gasteiger partial charge in [0.1, 0.15) is 0 Å². The molecule has 0 amide bonds. The highest BCUT2D eigenvalue weighted by molar-refractivity contribution is 5.80.